The third-order valence-corrected chi connectivity index (χ3v) is 3.31. The predicted molar refractivity (Wildman–Crippen MR) is 69.7 cm³/mol. The van der Waals surface area contributed by atoms with Crippen LogP contribution in [0.1, 0.15) is 18.4 Å². The maximum atomic E-state index is 5.82. The Morgan fingerprint density at radius 3 is 2.88 bits per heavy atom. The zero-order valence-corrected chi connectivity index (χ0v) is 10.2. The number of likely N-dealkylation sites (tertiary alicyclic amines) is 1. The number of nitrogens with two attached hydrogens (primary N) is 1. The summed E-state index contributed by atoms with van der Waals surface area (Å²) >= 11 is 0. The molecule has 1 heterocycles. The molecule has 0 bridgehead atoms. The number of rotatable bonds is 3. The molecule has 0 amide bonds. The first kappa shape index (κ1) is 11.3. The maximum absolute atomic E-state index is 5.82. The van der Waals surface area contributed by atoms with Gasteiger partial charge in [0.05, 0.1) is 0 Å². The molecule has 3 N–H and O–H groups in total. The molecule has 3 nitrogen and oxygen atoms in total. The van der Waals surface area contributed by atoms with E-state index < -0.39 is 0 Å². The van der Waals surface area contributed by atoms with E-state index in [9.17, 15) is 0 Å². The number of anilines is 2. The quantitative estimate of drug-likeness (QED) is 0.765. The third-order valence-electron chi connectivity index (χ3n) is 3.31. The molecule has 3 heteroatoms. The van der Waals surface area contributed by atoms with Crippen molar-refractivity contribution in [3.05, 3.63) is 23.8 Å². The molecule has 0 aromatic heterocycles. The van der Waals surface area contributed by atoms with Crippen LogP contribution in [0, 0.1) is 6.92 Å². The highest BCUT2D eigenvalue weighted by Crippen LogP contribution is 2.18. The van der Waals surface area contributed by atoms with E-state index in [1.54, 1.807) is 0 Å². The summed E-state index contributed by atoms with van der Waals surface area (Å²) < 4.78 is 0. The Labute approximate surface area is 97.6 Å². The fourth-order valence-electron chi connectivity index (χ4n) is 2.39. The number of likely N-dealkylation sites (N-methyl/N-ethyl adjacent to an activating group) is 1. The molecule has 1 aliphatic rings. The van der Waals surface area contributed by atoms with Gasteiger partial charge in [-0.2, -0.15) is 0 Å². The molecule has 1 aliphatic heterocycles. The smallest absolute Gasteiger partial charge is 0.0364 e. The van der Waals surface area contributed by atoms with E-state index in [1.165, 1.54) is 24.9 Å². The van der Waals surface area contributed by atoms with Gasteiger partial charge in [-0.05, 0) is 57.1 Å². The molecule has 88 valence electrons. The van der Waals surface area contributed by atoms with Crippen LogP contribution in [0.4, 0.5) is 11.4 Å². The molecule has 1 saturated heterocycles. The fourth-order valence-corrected chi connectivity index (χ4v) is 2.39. The number of hydrogen-bond donors (Lipinski definition) is 2. The second-order valence-corrected chi connectivity index (χ2v) is 4.79. The molecule has 0 saturated carbocycles. The SMILES string of the molecule is Cc1cc(N)cc(NCC2CCCN2C)c1. The lowest BCUT2D eigenvalue weighted by Gasteiger charge is -2.20. The molecule has 0 radical (unpaired) electrons. The summed E-state index contributed by atoms with van der Waals surface area (Å²) in [5, 5.41) is 3.48. The Kier molecular flexibility index (Phi) is 3.34. The topological polar surface area (TPSA) is 41.3 Å². The molecular weight excluding hydrogens is 198 g/mol. The number of aryl methyl sites for hydroxylation is 1. The average Bonchev–Trinajstić information content (AvgIpc) is 2.59. The summed E-state index contributed by atoms with van der Waals surface area (Å²) in [6.07, 6.45) is 2.61. The monoisotopic (exact) mass is 219 g/mol. The fraction of sp³-hybridized carbons (Fsp3) is 0.538. The van der Waals surface area contributed by atoms with Crippen molar-refractivity contribution in [2.75, 3.05) is 31.2 Å². The highest BCUT2D eigenvalue weighted by molar-refractivity contribution is 5.56. The van der Waals surface area contributed by atoms with Crippen molar-refractivity contribution < 1.29 is 0 Å². The van der Waals surface area contributed by atoms with Gasteiger partial charge in [-0.15, -0.1) is 0 Å². The number of nitrogens with zero attached hydrogens (tertiary/aromatic N) is 1. The van der Waals surface area contributed by atoms with Crippen LogP contribution in [-0.4, -0.2) is 31.1 Å². The maximum Gasteiger partial charge on any atom is 0.0364 e. The molecule has 1 aromatic rings. The minimum Gasteiger partial charge on any atom is -0.399 e. The van der Waals surface area contributed by atoms with Crippen LogP contribution < -0.4 is 11.1 Å². The van der Waals surface area contributed by atoms with E-state index in [2.05, 4.69) is 30.3 Å². The lowest BCUT2D eigenvalue weighted by molar-refractivity contribution is 0.322. The molecule has 1 unspecified atom stereocenters. The van der Waals surface area contributed by atoms with E-state index >= 15 is 0 Å². The third kappa shape index (κ3) is 2.67. The summed E-state index contributed by atoms with van der Waals surface area (Å²) in [4.78, 5) is 2.42. The van der Waals surface area contributed by atoms with Gasteiger partial charge in [-0.1, -0.05) is 0 Å². The molecular formula is C13H21N3. The summed E-state index contributed by atoms with van der Waals surface area (Å²) in [6.45, 7) is 4.31. The van der Waals surface area contributed by atoms with Crippen molar-refractivity contribution in [3.8, 4) is 0 Å². The van der Waals surface area contributed by atoms with Gasteiger partial charge in [0.25, 0.3) is 0 Å². The van der Waals surface area contributed by atoms with Crippen molar-refractivity contribution in [3.63, 3.8) is 0 Å². The van der Waals surface area contributed by atoms with Gasteiger partial charge in [0.1, 0.15) is 0 Å². The van der Waals surface area contributed by atoms with Crippen LogP contribution in [0.15, 0.2) is 18.2 Å². The number of hydrogen-bond acceptors (Lipinski definition) is 3. The van der Waals surface area contributed by atoms with Gasteiger partial charge in [0, 0.05) is 24.0 Å². The van der Waals surface area contributed by atoms with E-state index in [0.29, 0.717) is 6.04 Å². The Balaban J connectivity index is 1.94. The second-order valence-electron chi connectivity index (χ2n) is 4.79. The van der Waals surface area contributed by atoms with Gasteiger partial charge in [0.15, 0.2) is 0 Å². The Bertz CT molecular complexity index is 342. The largest absolute Gasteiger partial charge is 0.399 e. The molecule has 0 aliphatic carbocycles. The van der Waals surface area contributed by atoms with Crippen molar-refractivity contribution in [1.29, 1.82) is 0 Å². The highest BCUT2D eigenvalue weighted by Gasteiger charge is 2.20. The normalized spacial score (nSPS) is 21.2. The van der Waals surface area contributed by atoms with E-state index in [1.807, 2.05) is 12.1 Å². The number of nitrogen functional groups attached to an aromatic ring is 1. The minimum absolute atomic E-state index is 0.668. The van der Waals surface area contributed by atoms with Gasteiger partial charge in [-0.3, -0.25) is 0 Å². The minimum atomic E-state index is 0.668. The van der Waals surface area contributed by atoms with Gasteiger partial charge < -0.3 is 16.0 Å². The first-order valence-electron chi connectivity index (χ1n) is 5.96. The molecule has 1 fully saturated rings. The van der Waals surface area contributed by atoms with Crippen molar-refractivity contribution in [2.45, 2.75) is 25.8 Å². The zero-order chi connectivity index (χ0) is 11.5. The number of nitrogens with one attached hydrogen (secondary N) is 1. The van der Waals surface area contributed by atoms with E-state index in [0.717, 1.165) is 17.9 Å². The summed E-state index contributed by atoms with van der Waals surface area (Å²) in [5.41, 5.74) is 9.00. The standard InChI is InChI=1S/C13H21N3/c1-10-6-11(14)8-12(7-10)15-9-13-4-3-5-16(13)2/h6-8,13,15H,3-5,9,14H2,1-2H3. The van der Waals surface area contributed by atoms with Crippen molar-refractivity contribution in [2.24, 2.45) is 0 Å². The van der Waals surface area contributed by atoms with Crippen LogP contribution in [-0.2, 0) is 0 Å². The van der Waals surface area contributed by atoms with Crippen LogP contribution in [0.3, 0.4) is 0 Å². The van der Waals surface area contributed by atoms with Gasteiger partial charge in [0.2, 0.25) is 0 Å². The lowest BCUT2D eigenvalue weighted by atomic mass is 10.2. The van der Waals surface area contributed by atoms with Gasteiger partial charge in [-0.25, -0.2) is 0 Å². The molecule has 0 spiro atoms. The van der Waals surface area contributed by atoms with Crippen LogP contribution >= 0.6 is 0 Å². The average molecular weight is 219 g/mol. The van der Waals surface area contributed by atoms with Gasteiger partial charge >= 0.3 is 0 Å². The molecule has 2 rings (SSSR count). The van der Waals surface area contributed by atoms with E-state index in [-0.39, 0.29) is 0 Å². The van der Waals surface area contributed by atoms with Crippen LogP contribution in [0.25, 0.3) is 0 Å². The van der Waals surface area contributed by atoms with Crippen LogP contribution in [0.2, 0.25) is 0 Å². The van der Waals surface area contributed by atoms with Crippen LogP contribution in [0.5, 0.6) is 0 Å². The summed E-state index contributed by atoms with van der Waals surface area (Å²) in [7, 11) is 2.20. The Morgan fingerprint density at radius 1 is 1.44 bits per heavy atom. The lowest BCUT2D eigenvalue weighted by Crippen LogP contribution is -2.31. The van der Waals surface area contributed by atoms with Crippen molar-refractivity contribution >= 4 is 11.4 Å². The first-order chi connectivity index (χ1) is 7.65. The molecule has 1 aromatic carbocycles. The number of benzene rings is 1. The predicted octanol–water partition coefficient (Wildman–Crippen LogP) is 2.08. The first-order valence-corrected chi connectivity index (χ1v) is 5.96. The molecule has 1 atom stereocenters. The zero-order valence-electron chi connectivity index (χ0n) is 10.2. The summed E-state index contributed by atoms with van der Waals surface area (Å²) in [5.74, 6) is 0. The highest BCUT2D eigenvalue weighted by atomic mass is 15.2. The second kappa shape index (κ2) is 4.74. The summed E-state index contributed by atoms with van der Waals surface area (Å²) in [6, 6.07) is 6.81. The molecule has 16 heavy (non-hydrogen) atoms. The van der Waals surface area contributed by atoms with E-state index in [4.69, 9.17) is 5.73 Å². The Hall–Kier alpha value is -1.22. The Morgan fingerprint density at radius 2 is 2.25 bits per heavy atom. The van der Waals surface area contributed by atoms with Crippen molar-refractivity contribution in [1.82, 2.24) is 4.90 Å².